The molecule has 20 heavy (non-hydrogen) atoms. The number of sulfonamides is 1. The van der Waals surface area contributed by atoms with Crippen LogP contribution in [0, 0.1) is 0 Å². The van der Waals surface area contributed by atoms with Crippen LogP contribution in [-0.4, -0.2) is 27.0 Å². The van der Waals surface area contributed by atoms with Gasteiger partial charge in [0.2, 0.25) is 10.0 Å². The van der Waals surface area contributed by atoms with Crippen molar-refractivity contribution < 1.29 is 8.42 Å². The van der Waals surface area contributed by atoms with Gasteiger partial charge in [-0.15, -0.1) is 0 Å². The fourth-order valence-electron chi connectivity index (χ4n) is 2.03. The largest absolute Gasteiger partial charge is 0.382 e. The van der Waals surface area contributed by atoms with Gasteiger partial charge in [-0.1, -0.05) is 6.92 Å². The smallest absolute Gasteiger partial charge is 0.240 e. The standard InChI is InChI=1S/C14H23N3O2S/c1-2-11(9-10-15)16-12-5-7-14(8-6-12)20(18,19)17-13-3-4-13/h5-8,11,13,16-17H,2-4,9-10,15H2,1H3. The summed E-state index contributed by atoms with van der Waals surface area (Å²) >= 11 is 0. The Hall–Kier alpha value is -1.11. The second kappa shape index (κ2) is 6.56. The normalized spacial score (nSPS) is 16.9. The van der Waals surface area contributed by atoms with E-state index in [1.54, 1.807) is 24.3 Å². The zero-order valence-corrected chi connectivity index (χ0v) is 12.6. The Kier molecular flexibility index (Phi) is 5.01. The van der Waals surface area contributed by atoms with E-state index in [0.717, 1.165) is 31.4 Å². The molecule has 6 heteroatoms. The molecule has 1 saturated carbocycles. The van der Waals surface area contributed by atoms with Gasteiger partial charge >= 0.3 is 0 Å². The predicted octanol–water partition coefficient (Wildman–Crippen LogP) is 1.67. The topological polar surface area (TPSA) is 84.2 Å². The molecule has 0 aromatic heterocycles. The first-order valence-corrected chi connectivity index (χ1v) is 8.62. The SMILES string of the molecule is CCC(CCN)Nc1ccc(S(=O)(=O)NC2CC2)cc1. The minimum atomic E-state index is -3.36. The van der Waals surface area contributed by atoms with Gasteiger partial charge in [0.15, 0.2) is 0 Å². The summed E-state index contributed by atoms with van der Waals surface area (Å²) in [5, 5.41) is 3.37. The lowest BCUT2D eigenvalue weighted by Gasteiger charge is -2.17. The van der Waals surface area contributed by atoms with E-state index in [1.165, 1.54) is 0 Å². The van der Waals surface area contributed by atoms with Crippen LogP contribution < -0.4 is 15.8 Å². The minimum Gasteiger partial charge on any atom is -0.382 e. The Bertz CT molecular complexity index is 524. The third-order valence-corrected chi connectivity index (χ3v) is 4.98. The average molecular weight is 297 g/mol. The lowest BCUT2D eigenvalue weighted by atomic mass is 10.1. The summed E-state index contributed by atoms with van der Waals surface area (Å²) in [5.74, 6) is 0. The molecule has 0 heterocycles. The molecule has 0 aliphatic heterocycles. The second-order valence-electron chi connectivity index (χ2n) is 5.25. The van der Waals surface area contributed by atoms with E-state index in [0.29, 0.717) is 17.5 Å². The molecule has 0 spiro atoms. The van der Waals surface area contributed by atoms with E-state index in [9.17, 15) is 8.42 Å². The number of rotatable bonds is 8. The van der Waals surface area contributed by atoms with Gasteiger partial charge in [0.1, 0.15) is 0 Å². The van der Waals surface area contributed by atoms with Gasteiger partial charge in [0.05, 0.1) is 4.90 Å². The van der Waals surface area contributed by atoms with Crippen LogP contribution in [0.4, 0.5) is 5.69 Å². The molecule has 0 amide bonds. The Labute approximate surface area is 121 Å². The van der Waals surface area contributed by atoms with Gasteiger partial charge < -0.3 is 11.1 Å². The molecule has 1 aliphatic rings. The fourth-order valence-corrected chi connectivity index (χ4v) is 3.34. The first-order chi connectivity index (χ1) is 9.55. The molecule has 0 radical (unpaired) electrons. The Morgan fingerprint density at radius 1 is 1.30 bits per heavy atom. The summed E-state index contributed by atoms with van der Waals surface area (Å²) < 4.78 is 26.7. The maximum atomic E-state index is 12.0. The molecule has 1 unspecified atom stereocenters. The number of nitrogens with one attached hydrogen (secondary N) is 2. The molecule has 1 atom stereocenters. The number of nitrogens with two attached hydrogens (primary N) is 1. The summed E-state index contributed by atoms with van der Waals surface area (Å²) in [6.07, 6.45) is 3.77. The van der Waals surface area contributed by atoms with E-state index in [4.69, 9.17) is 5.73 Å². The number of hydrogen-bond donors (Lipinski definition) is 3. The van der Waals surface area contributed by atoms with Crippen LogP contribution in [0.15, 0.2) is 29.2 Å². The summed E-state index contributed by atoms with van der Waals surface area (Å²) in [6, 6.07) is 7.35. The van der Waals surface area contributed by atoms with E-state index in [2.05, 4.69) is 17.0 Å². The van der Waals surface area contributed by atoms with Crippen molar-refractivity contribution in [1.82, 2.24) is 4.72 Å². The van der Waals surface area contributed by atoms with Crippen LogP contribution in [0.3, 0.4) is 0 Å². The predicted molar refractivity (Wildman–Crippen MR) is 81.2 cm³/mol. The maximum Gasteiger partial charge on any atom is 0.240 e. The van der Waals surface area contributed by atoms with Gasteiger partial charge in [0, 0.05) is 17.8 Å². The molecular weight excluding hydrogens is 274 g/mol. The van der Waals surface area contributed by atoms with Gasteiger partial charge in [-0.2, -0.15) is 0 Å². The van der Waals surface area contributed by atoms with E-state index < -0.39 is 10.0 Å². The van der Waals surface area contributed by atoms with E-state index in [-0.39, 0.29) is 6.04 Å². The van der Waals surface area contributed by atoms with Crippen molar-refractivity contribution in [2.24, 2.45) is 5.73 Å². The molecular formula is C14H23N3O2S. The summed E-state index contributed by atoms with van der Waals surface area (Å²) in [4.78, 5) is 0.321. The molecule has 5 nitrogen and oxygen atoms in total. The van der Waals surface area contributed by atoms with Gasteiger partial charge in [0.25, 0.3) is 0 Å². The van der Waals surface area contributed by atoms with Crippen LogP contribution in [-0.2, 0) is 10.0 Å². The van der Waals surface area contributed by atoms with Crippen molar-refractivity contribution in [3.05, 3.63) is 24.3 Å². The van der Waals surface area contributed by atoms with Crippen LogP contribution in [0.25, 0.3) is 0 Å². The monoisotopic (exact) mass is 297 g/mol. The minimum absolute atomic E-state index is 0.131. The molecule has 1 aliphatic carbocycles. The molecule has 2 rings (SSSR count). The third kappa shape index (κ3) is 4.19. The highest BCUT2D eigenvalue weighted by Crippen LogP contribution is 2.23. The molecule has 1 aromatic rings. The molecule has 1 aromatic carbocycles. The number of hydrogen-bond acceptors (Lipinski definition) is 4. The molecule has 0 saturated heterocycles. The Morgan fingerprint density at radius 2 is 1.95 bits per heavy atom. The van der Waals surface area contributed by atoms with Crippen molar-refractivity contribution in [2.75, 3.05) is 11.9 Å². The first kappa shape index (κ1) is 15.3. The highest BCUT2D eigenvalue weighted by molar-refractivity contribution is 7.89. The van der Waals surface area contributed by atoms with E-state index >= 15 is 0 Å². The Morgan fingerprint density at radius 3 is 2.45 bits per heavy atom. The van der Waals surface area contributed by atoms with Crippen molar-refractivity contribution >= 4 is 15.7 Å². The van der Waals surface area contributed by atoms with Gasteiger partial charge in [-0.05, 0) is 56.5 Å². The summed E-state index contributed by atoms with van der Waals surface area (Å²) in [7, 11) is -3.36. The van der Waals surface area contributed by atoms with Crippen LogP contribution in [0.5, 0.6) is 0 Å². The van der Waals surface area contributed by atoms with Gasteiger partial charge in [-0.3, -0.25) is 0 Å². The highest BCUT2D eigenvalue weighted by Gasteiger charge is 2.27. The molecule has 4 N–H and O–H groups in total. The maximum absolute atomic E-state index is 12.0. The first-order valence-electron chi connectivity index (χ1n) is 7.14. The Balaban J connectivity index is 2.01. The highest BCUT2D eigenvalue weighted by atomic mass is 32.2. The van der Waals surface area contributed by atoms with Crippen LogP contribution in [0.1, 0.15) is 32.6 Å². The fraction of sp³-hybridized carbons (Fsp3) is 0.571. The summed E-state index contributed by atoms with van der Waals surface area (Å²) in [6.45, 7) is 2.75. The zero-order chi connectivity index (χ0) is 14.6. The van der Waals surface area contributed by atoms with Gasteiger partial charge in [-0.25, -0.2) is 13.1 Å². The van der Waals surface area contributed by atoms with E-state index in [1.807, 2.05) is 0 Å². The molecule has 112 valence electrons. The van der Waals surface area contributed by atoms with Crippen molar-refractivity contribution in [3.8, 4) is 0 Å². The molecule has 0 bridgehead atoms. The number of anilines is 1. The average Bonchev–Trinajstić information content (AvgIpc) is 3.22. The second-order valence-corrected chi connectivity index (χ2v) is 6.96. The van der Waals surface area contributed by atoms with Crippen LogP contribution in [0.2, 0.25) is 0 Å². The lowest BCUT2D eigenvalue weighted by Crippen LogP contribution is -2.25. The lowest BCUT2D eigenvalue weighted by molar-refractivity contribution is 0.581. The van der Waals surface area contributed by atoms with Crippen molar-refractivity contribution in [3.63, 3.8) is 0 Å². The summed E-state index contributed by atoms with van der Waals surface area (Å²) in [5.41, 5.74) is 6.49. The zero-order valence-electron chi connectivity index (χ0n) is 11.8. The third-order valence-electron chi connectivity index (χ3n) is 3.44. The number of benzene rings is 1. The van der Waals surface area contributed by atoms with Crippen LogP contribution >= 0.6 is 0 Å². The van der Waals surface area contributed by atoms with Crippen molar-refractivity contribution in [1.29, 1.82) is 0 Å². The quantitative estimate of drug-likeness (QED) is 0.681. The van der Waals surface area contributed by atoms with Crippen molar-refractivity contribution in [2.45, 2.75) is 49.6 Å². The molecule has 1 fully saturated rings.